The molecule has 0 aliphatic rings. The van der Waals surface area contributed by atoms with Crippen LogP contribution in [-0.2, 0) is 14.8 Å². The number of carbonyl (C=O) groups is 1. The maximum atomic E-state index is 12.5. The predicted octanol–water partition coefficient (Wildman–Crippen LogP) is 3.44. The van der Waals surface area contributed by atoms with Gasteiger partial charge >= 0.3 is 5.97 Å². The molecule has 0 aromatic heterocycles. The van der Waals surface area contributed by atoms with E-state index in [0.29, 0.717) is 8.95 Å². The van der Waals surface area contributed by atoms with E-state index in [9.17, 15) is 13.2 Å². The Labute approximate surface area is 141 Å². The molecule has 0 aliphatic heterocycles. The van der Waals surface area contributed by atoms with Gasteiger partial charge in [-0.1, -0.05) is 15.9 Å². The van der Waals surface area contributed by atoms with Gasteiger partial charge in [0, 0.05) is 20.9 Å². The van der Waals surface area contributed by atoms with Crippen molar-refractivity contribution in [2.75, 3.05) is 0 Å². The zero-order valence-electron chi connectivity index (χ0n) is 11.9. The number of aliphatic carboxylic acids is 1. The normalized spacial score (nSPS) is 12.4. The van der Waals surface area contributed by atoms with Crippen LogP contribution in [0.1, 0.15) is 32.3 Å². The summed E-state index contributed by atoms with van der Waals surface area (Å²) < 4.78 is 28.6. The molecule has 0 radical (unpaired) electrons. The lowest BCUT2D eigenvalue weighted by atomic mass is 10.0. The summed E-state index contributed by atoms with van der Waals surface area (Å²) in [4.78, 5) is 10.7. The Balaban J connectivity index is 3.07. The molecular formula is C13H17Br2NO4S. The van der Waals surface area contributed by atoms with E-state index in [1.165, 1.54) is 6.07 Å². The molecule has 5 nitrogen and oxygen atoms in total. The molecule has 0 bridgehead atoms. The van der Waals surface area contributed by atoms with Crippen LogP contribution in [0.4, 0.5) is 0 Å². The summed E-state index contributed by atoms with van der Waals surface area (Å²) in [6, 6.07) is 3.23. The van der Waals surface area contributed by atoms with Crippen molar-refractivity contribution in [3.8, 4) is 0 Å². The van der Waals surface area contributed by atoms with E-state index < -0.39 is 21.5 Å². The molecule has 1 aromatic rings. The molecule has 8 heteroatoms. The quantitative estimate of drug-likeness (QED) is 0.706. The molecule has 1 aromatic carbocycles. The Morgan fingerprint density at radius 2 is 1.86 bits per heavy atom. The summed E-state index contributed by atoms with van der Waals surface area (Å²) in [5.41, 5.74) is 0.0551. The summed E-state index contributed by atoms with van der Waals surface area (Å²) in [6.07, 6.45) is 0.0977. The topological polar surface area (TPSA) is 83.5 Å². The average Bonchev–Trinajstić information content (AvgIpc) is 2.30. The van der Waals surface area contributed by atoms with Gasteiger partial charge in [-0.05, 0) is 60.8 Å². The molecule has 0 amide bonds. The SMILES string of the molecule is Cc1cc(Br)c(S(=O)(=O)NC(C)(C)CCC(=O)O)cc1Br. The van der Waals surface area contributed by atoms with Crippen LogP contribution >= 0.6 is 31.9 Å². The Bertz CT molecular complexity index is 656. The van der Waals surface area contributed by atoms with E-state index in [-0.39, 0.29) is 17.7 Å². The fraction of sp³-hybridized carbons (Fsp3) is 0.462. The van der Waals surface area contributed by atoms with Crippen LogP contribution < -0.4 is 4.72 Å². The molecular weight excluding hydrogens is 426 g/mol. The summed E-state index contributed by atoms with van der Waals surface area (Å²) in [6.45, 7) is 5.17. The number of halogens is 2. The fourth-order valence-corrected chi connectivity index (χ4v) is 4.84. The lowest BCUT2D eigenvalue weighted by Crippen LogP contribution is -2.43. The molecule has 118 valence electrons. The number of hydrogen-bond acceptors (Lipinski definition) is 3. The van der Waals surface area contributed by atoms with E-state index in [1.807, 2.05) is 6.92 Å². The number of aryl methyl sites for hydroxylation is 1. The second-order valence-electron chi connectivity index (χ2n) is 5.41. The van der Waals surface area contributed by atoms with Gasteiger partial charge in [-0.15, -0.1) is 0 Å². The van der Waals surface area contributed by atoms with Gasteiger partial charge in [0.15, 0.2) is 0 Å². The predicted molar refractivity (Wildman–Crippen MR) is 87.8 cm³/mol. The van der Waals surface area contributed by atoms with Gasteiger partial charge in [0.05, 0.1) is 4.90 Å². The van der Waals surface area contributed by atoms with Crippen molar-refractivity contribution in [2.24, 2.45) is 0 Å². The Morgan fingerprint density at radius 3 is 2.38 bits per heavy atom. The minimum absolute atomic E-state index is 0.103. The van der Waals surface area contributed by atoms with Crippen LogP contribution in [0, 0.1) is 6.92 Å². The maximum absolute atomic E-state index is 12.5. The van der Waals surface area contributed by atoms with Crippen LogP contribution in [0.2, 0.25) is 0 Å². The first-order valence-electron chi connectivity index (χ1n) is 6.16. The maximum Gasteiger partial charge on any atom is 0.303 e. The van der Waals surface area contributed by atoms with Crippen LogP contribution in [0.15, 0.2) is 26.0 Å². The first kappa shape index (κ1) is 18.6. The van der Waals surface area contributed by atoms with E-state index in [0.717, 1.165) is 5.56 Å². The summed E-state index contributed by atoms with van der Waals surface area (Å²) in [7, 11) is -3.76. The third kappa shape index (κ3) is 5.36. The molecule has 0 atom stereocenters. The van der Waals surface area contributed by atoms with E-state index in [2.05, 4.69) is 36.6 Å². The zero-order valence-corrected chi connectivity index (χ0v) is 15.9. The highest BCUT2D eigenvalue weighted by molar-refractivity contribution is 9.11. The van der Waals surface area contributed by atoms with Crippen molar-refractivity contribution in [1.82, 2.24) is 4.72 Å². The molecule has 1 rings (SSSR count). The first-order valence-corrected chi connectivity index (χ1v) is 9.23. The summed E-state index contributed by atoms with van der Waals surface area (Å²) in [5.74, 6) is -0.957. The molecule has 0 unspecified atom stereocenters. The van der Waals surface area contributed by atoms with Gasteiger partial charge < -0.3 is 5.11 Å². The third-order valence-electron chi connectivity index (χ3n) is 2.88. The van der Waals surface area contributed by atoms with Gasteiger partial charge in [-0.3, -0.25) is 4.79 Å². The monoisotopic (exact) mass is 441 g/mol. The number of sulfonamides is 1. The number of carboxylic acids is 1. The number of benzene rings is 1. The Kier molecular flexibility index (Phi) is 5.99. The highest BCUT2D eigenvalue weighted by Gasteiger charge is 2.28. The number of rotatable bonds is 6. The van der Waals surface area contributed by atoms with Crippen LogP contribution in [0.5, 0.6) is 0 Å². The molecule has 0 fully saturated rings. The zero-order chi connectivity index (χ0) is 16.4. The molecule has 0 heterocycles. The third-order valence-corrected chi connectivity index (χ3v) is 6.39. The Morgan fingerprint density at radius 1 is 1.29 bits per heavy atom. The first-order chi connectivity index (χ1) is 9.44. The number of carboxylic acid groups (broad SMARTS) is 1. The van der Waals surface area contributed by atoms with E-state index in [1.54, 1.807) is 19.9 Å². The molecule has 2 N–H and O–H groups in total. The number of hydrogen-bond donors (Lipinski definition) is 2. The van der Waals surface area contributed by atoms with Crippen molar-refractivity contribution in [2.45, 2.75) is 44.0 Å². The highest BCUT2D eigenvalue weighted by Crippen LogP contribution is 2.29. The minimum atomic E-state index is -3.76. The van der Waals surface area contributed by atoms with Gasteiger partial charge in [0.2, 0.25) is 10.0 Å². The lowest BCUT2D eigenvalue weighted by Gasteiger charge is -2.25. The largest absolute Gasteiger partial charge is 0.481 e. The van der Waals surface area contributed by atoms with Crippen molar-refractivity contribution in [1.29, 1.82) is 0 Å². The second-order valence-corrected chi connectivity index (χ2v) is 8.77. The lowest BCUT2D eigenvalue weighted by molar-refractivity contribution is -0.137. The smallest absolute Gasteiger partial charge is 0.303 e. The van der Waals surface area contributed by atoms with Crippen molar-refractivity contribution in [3.05, 3.63) is 26.6 Å². The van der Waals surface area contributed by atoms with Gasteiger partial charge in [0.25, 0.3) is 0 Å². The van der Waals surface area contributed by atoms with E-state index in [4.69, 9.17) is 5.11 Å². The summed E-state index contributed by atoms with van der Waals surface area (Å²) >= 11 is 6.56. The summed E-state index contributed by atoms with van der Waals surface area (Å²) in [5, 5.41) is 8.71. The molecule has 0 saturated heterocycles. The minimum Gasteiger partial charge on any atom is -0.481 e. The molecule has 0 aliphatic carbocycles. The van der Waals surface area contributed by atoms with Crippen molar-refractivity contribution in [3.63, 3.8) is 0 Å². The second kappa shape index (κ2) is 6.76. The van der Waals surface area contributed by atoms with Gasteiger partial charge in [0.1, 0.15) is 0 Å². The van der Waals surface area contributed by atoms with Crippen LogP contribution in [-0.4, -0.2) is 25.0 Å². The van der Waals surface area contributed by atoms with E-state index >= 15 is 0 Å². The highest BCUT2D eigenvalue weighted by atomic mass is 79.9. The molecule has 0 spiro atoms. The fourth-order valence-electron chi connectivity index (χ4n) is 1.72. The molecule has 21 heavy (non-hydrogen) atoms. The van der Waals surface area contributed by atoms with Gasteiger partial charge in [-0.25, -0.2) is 13.1 Å². The van der Waals surface area contributed by atoms with Crippen LogP contribution in [0.25, 0.3) is 0 Å². The van der Waals surface area contributed by atoms with Gasteiger partial charge in [-0.2, -0.15) is 0 Å². The van der Waals surface area contributed by atoms with Crippen molar-refractivity contribution >= 4 is 47.9 Å². The van der Waals surface area contributed by atoms with Crippen LogP contribution in [0.3, 0.4) is 0 Å². The number of nitrogens with one attached hydrogen (secondary N) is 1. The standard InChI is InChI=1S/C13H17Br2NO4S/c1-8-6-10(15)11(7-9(8)14)21(19,20)16-13(2,3)5-4-12(17)18/h6-7,16H,4-5H2,1-3H3,(H,17,18). The van der Waals surface area contributed by atoms with Crippen molar-refractivity contribution < 1.29 is 18.3 Å². The Hall–Kier alpha value is -0.440. The average molecular weight is 443 g/mol. The molecule has 0 saturated carbocycles.